The number of aromatic nitrogens is 2. The topological polar surface area (TPSA) is 70.9 Å². The minimum absolute atomic E-state index is 0.443. The van der Waals surface area contributed by atoms with Crippen LogP contribution in [0.1, 0.15) is 30.5 Å². The Morgan fingerprint density at radius 1 is 1.14 bits per heavy atom. The van der Waals surface area contributed by atoms with Gasteiger partial charge in [0.15, 0.2) is 5.84 Å². The third kappa shape index (κ3) is 2.63. The molecular weight excluding hydrogens is 262 g/mol. The lowest BCUT2D eigenvalue weighted by molar-refractivity contribution is 0.340. The molecule has 0 spiro atoms. The average molecular weight is 283 g/mol. The second-order valence-electron chi connectivity index (χ2n) is 5.58. The van der Waals surface area contributed by atoms with Crippen molar-refractivity contribution in [1.29, 1.82) is 5.41 Å². The number of nitrogens with zero attached hydrogens (tertiary/aromatic N) is 3. The second-order valence-corrected chi connectivity index (χ2v) is 5.58. The first-order valence-corrected chi connectivity index (χ1v) is 7.40. The van der Waals surface area contributed by atoms with Crippen molar-refractivity contribution in [2.45, 2.75) is 26.2 Å². The van der Waals surface area contributed by atoms with Crippen molar-refractivity contribution in [2.75, 3.05) is 18.8 Å². The number of likely N-dealkylation sites (tertiary alicyclic amines) is 1. The third-order valence-electron chi connectivity index (χ3n) is 4.01. The van der Waals surface area contributed by atoms with Crippen molar-refractivity contribution in [3.8, 4) is 5.69 Å². The Balaban J connectivity index is 1.88. The summed E-state index contributed by atoms with van der Waals surface area (Å²) in [7, 11) is 0. The van der Waals surface area contributed by atoms with Crippen LogP contribution in [0.15, 0.2) is 30.6 Å². The highest BCUT2D eigenvalue weighted by Gasteiger charge is 2.20. The van der Waals surface area contributed by atoms with Crippen LogP contribution in [0.3, 0.4) is 0 Å². The van der Waals surface area contributed by atoms with E-state index in [0.29, 0.717) is 17.3 Å². The van der Waals surface area contributed by atoms with E-state index in [1.807, 2.05) is 28.8 Å². The first kappa shape index (κ1) is 13.7. The van der Waals surface area contributed by atoms with Crippen LogP contribution in [-0.4, -0.2) is 33.4 Å². The van der Waals surface area contributed by atoms with E-state index in [0.717, 1.165) is 31.6 Å². The number of hydrogen-bond acceptors (Lipinski definition) is 3. The van der Waals surface area contributed by atoms with Gasteiger partial charge in [-0.2, -0.15) is 0 Å². The van der Waals surface area contributed by atoms with Crippen molar-refractivity contribution >= 4 is 11.7 Å². The van der Waals surface area contributed by atoms with E-state index in [2.05, 4.69) is 16.8 Å². The molecule has 0 atom stereocenters. The molecule has 1 aliphatic heterocycles. The highest BCUT2D eigenvalue weighted by molar-refractivity contribution is 5.98. The normalized spacial score (nSPS) is 15.2. The summed E-state index contributed by atoms with van der Waals surface area (Å²) in [6.07, 6.45) is 5.23. The molecule has 0 radical (unpaired) electrons. The van der Waals surface area contributed by atoms with Crippen molar-refractivity contribution in [3.05, 3.63) is 41.9 Å². The Hall–Kier alpha value is -2.30. The van der Waals surface area contributed by atoms with Gasteiger partial charge >= 0.3 is 0 Å². The summed E-state index contributed by atoms with van der Waals surface area (Å²) in [5.41, 5.74) is 8.98. The van der Waals surface area contributed by atoms with E-state index >= 15 is 0 Å². The Morgan fingerprint density at radius 2 is 1.81 bits per heavy atom. The number of amidine groups is 1. The summed E-state index contributed by atoms with van der Waals surface area (Å²) in [6.45, 7) is 3.91. The molecule has 0 amide bonds. The molecule has 0 bridgehead atoms. The molecule has 3 rings (SSSR count). The first-order valence-electron chi connectivity index (χ1n) is 7.40. The number of nitrogens with two attached hydrogens (primary N) is 1. The zero-order valence-electron chi connectivity index (χ0n) is 12.3. The number of anilines is 1. The highest BCUT2D eigenvalue weighted by atomic mass is 15.2. The second kappa shape index (κ2) is 5.60. The fourth-order valence-electron chi connectivity index (χ4n) is 2.72. The standard InChI is InChI=1S/C16H21N5/c1-12-5-7-13(8-6-12)21-11-19-14(16(21)18)15(17)20-9-3-2-4-10-20/h5-8,11,17H,2-4,9-10,18H2,1H3. The number of aryl methyl sites for hydroxylation is 1. The molecule has 110 valence electrons. The number of benzene rings is 1. The molecule has 2 heterocycles. The lowest BCUT2D eigenvalue weighted by Gasteiger charge is -2.28. The van der Waals surface area contributed by atoms with Crippen LogP contribution in [0.5, 0.6) is 0 Å². The Kier molecular flexibility index (Phi) is 3.64. The average Bonchev–Trinajstić information content (AvgIpc) is 2.90. The van der Waals surface area contributed by atoms with Gasteiger partial charge in [-0.1, -0.05) is 17.7 Å². The SMILES string of the molecule is Cc1ccc(-n2cnc(C(=N)N3CCCCC3)c2N)cc1. The molecule has 2 aromatic rings. The maximum atomic E-state index is 8.35. The van der Waals surface area contributed by atoms with Gasteiger partial charge in [-0.05, 0) is 38.3 Å². The van der Waals surface area contributed by atoms with Gasteiger partial charge in [0, 0.05) is 18.8 Å². The van der Waals surface area contributed by atoms with E-state index < -0.39 is 0 Å². The molecule has 3 N–H and O–H groups in total. The van der Waals surface area contributed by atoms with E-state index in [-0.39, 0.29) is 0 Å². The van der Waals surface area contributed by atoms with Gasteiger partial charge in [-0.25, -0.2) is 4.98 Å². The van der Waals surface area contributed by atoms with Crippen LogP contribution in [0.4, 0.5) is 5.82 Å². The molecule has 5 nitrogen and oxygen atoms in total. The summed E-state index contributed by atoms with van der Waals surface area (Å²) in [4.78, 5) is 6.43. The van der Waals surface area contributed by atoms with Gasteiger partial charge in [-0.3, -0.25) is 9.98 Å². The molecule has 1 aromatic heterocycles. The van der Waals surface area contributed by atoms with E-state index in [1.54, 1.807) is 6.33 Å². The number of imidazole rings is 1. The Labute approximate surface area is 124 Å². The van der Waals surface area contributed by atoms with Crippen LogP contribution in [0, 0.1) is 12.3 Å². The minimum atomic E-state index is 0.443. The first-order chi connectivity index (χ1) is 10.2. The summed E-state index contributed by atoms with van der Waals surface area (Å²) in [6, 6.07) is 8.12. The predicted molar refractivity (Wildman–Crippen MR) is 85.0 cm³/mol. The lowest BCUT2D eigenvalue weighted by Crippen LogP contribution is -2.36. The van der Waals surface area contributed by atoms with Crippen molar-refractivity contribution in [1.82, 2.24) is 14.5 Å². The molecule has 0 unspecified atom stereocenters. The van der Waals surface area contributed by atoms with Gasteiger partial charge in [0.1, 0.15) is 17.8 Å². The number of nitrogen functional groups attached to an aromatic ring is 1. The number of nitrogens with one attached hydrogen (secondary N) is 1. The minimum Gasteiger partial charge on any atom is -0.383 e. The van der Waals surface area contributed by atoms with Crippen molar-refractivity contribution in [2.24, 2.45) is 0 Å². The molecule has 1 aliphatic rings. The fourth-order valence-corrected chi connectivity index (χ4v) is 2.72. The molecule has 1 saturated heterocycles. The summed E-state index contributed by atoms with van der Waals surface area (Å²) < 4.78 is 1.84. The third-order valence-corrected chi connectivity index (χ3v) is 4.01. The molecule has 5 heteroatoms. The molecule has 0 saturated carbocycles. The zero-order chi connectivity index (χ0) is 14.8. The van der Waals surface area contributed by atoms with Gasteiger partial charge in [0.25, 0.3) is 0 Å². The maximum Gasteiger partial charge on any atom is 0.150 e. The molecule has 0 aliphatic carbocycles. The molecule has 21 heavy (non-hydrogen) atoms. The quantitative estimate of drug-likeness (QED) is 0.657. The summed E-state index contributed by atoms with van der Waals surface area (Å²) in [5, 5.41) is 8.35. The summed E-state index contributed by atoms with van der Waals surface area (Å²) in [5.74, 6) is 0.979. The fraction of sp³-hybridized carbons (Fsp3) is 0.375. The van der Waals surface area contributed by atoms with E-state index in [1.165, 1.54) is 12.0 Å². The van der Waals surface area contributed by atoms with Gasteiger partial charge in [0.05, 0.1) is 0 Å². The van der Waals surface area contributed by atoms with Crippen LogP contribution in [0.2, 0.25) is 0 Å². The van der Waals surface area contributed by atoms with E-state index in [4.69, 9.17) is 11.1 Å². The Bertz CT molecular complexity index is 635. The predicted octanol–water partition coefficient (Wildman–Crippen LogP) is 2.57. The van der Waals surface area contributed by atoms with Gasteiger partial charge in [-0.15, -0.1) is 0 Å². The monoisotopic (exact) mass is 283 g/mol. The molecular formula is C16H21N5. The number of piperidine rings is 1. The Morgan fingerprint density at radius 3 is 2.48 bits per heavy atom. The van der Waals surface area contributed by atoms with Gasteiger partial charge < -0.3 is 10.6 Å². The van der Waals surface area contributed by atoms with Crippen LogP contribution >= 0.6 is 0 Å². The zero-order valence-corrected chi connectivity index (χ0v) is 12.3. The lowest BCUT2D eigenvalue weighted by atomic mass is 10.1. The highest BCUT2D eigenvalue weighted by Crippen LogP contribution is 2.20. The van der Waals surface area contributed by atoms with Crippen LogP contribution in [-0.2, 0) is 0 Å². The number of hydrogen-bond donors (Lipinski definition) is 2. The van der Waals surface area contributed by atoms with Crippen LogP contribution in [0.25, 0.3) is 5.69 Å². The van der Waals surface area contributed by atoms with Crippen molar-refractivity contribution in [3.63, 3.8) is 0 Å². The molecule has 1 fully saturated rings. The van der Waals surface area contributed by atoms with E-state index in [9.17, 15) is 0 Å². The van der Waals surface area contributed by atoms with Crippen molar-refractivity contribution < 1.29 is 0 Å². The smallest absolute Gasteiger partial charge is 0.150 e. The van der Waals surface area contributed by atoms with Crippen LogP contribution < -0.4 is 5.73 Å². The largest absolute Gasteiger partial charge is 0.383 e. The molecule has 1 aromatic carbocycles. The maximum absolute atomic E-state index is 8.35. The summed E-state index contributed by atoms with van der Waals surface area (Å²) >= 11 is 0. The number of rotatable bonds is 2. The van der Waals surface area contributed by atoms with Gasteiger partial charge in [0.2, 0.25) is 0 Å².